The molecule has 0 aromatic heterocycles. The Hall–Kier alpha value is -1.85. The molecular formula is C16H15BrO4. The van der Waals surface area contributed by atoms with E-state index in [1.807, 2.05) is 30.3 Å². The number of ether oxygens (including phenoxy) is 2. The van der Waals surface area contributed by atoms with Gasteiger partial charge >= 0.3 is 5.97 Å². The lowest BCUT2D eigenvalue weighted by Gasteiger charge is -2.15. The van der Waals surface area contributed by atoms with E-state index in [1.54, 1.807) is 18.2 Å². The van der Waals surface area contributed by atoms with Gasteiger partial charge in [0.25, 0.3) is 0 Å². The molecule has 0 bridgehead atoms. The summed E-state index contributed by atoms with van der Waals surface area (Å²) in [6.07, 6.45) is -1.38. The van der Waals surface area contributed by atoms with E-state index < -0.39 is 12.1 Å². The van der Waals surface area contributed by atoms with Crippen LogP contribution >= 0.6 is 15.9 Å². The highest BCUT2D eigenvalue weighted by molar-refractivity contribution is 9.10. The summed E-state index contributed by atoms with van der Waals surface area (Å²) in [5.41, 5.74) is 1.37. The number of hydrogen-bond acceptors (Lipinski definition) is 4. The van der Waals surface area contributed by atoms with Crippen LogP contribution in [0.5, 0.6) is 5.75 Å². The summed E-state index contributed by atoms with van der Waals surface area (Å²) in [7, 11) is 1.23. The summed E-state index contributed by atoms with van der Waals surface area (Å²) in [6, 6.07) is 14.8. The number of carbonyl (C=O) groups excluding carboxylic acids is 1. The van der Waals surface area contributed by atoms with Gasteiger partial charge in [-0.15, -0.1) is 0 Å². The van der Waals surface area contributed by atoms with Gasteiger partial charge in [-0.05, 0) is 23.8 Å². The van der Waals surface area contributed by atoms with Crippen molar-refractivity contribution in [3.05, 3.63) is 64.1 Å². The normalized spacial score (nSPS) is 11.8. The van der Waals surface area contributed by atoms with Crippen molar-refractivity contribution in [1.82, 2.24) is 0 Å². The first-order valence-electron chi connectivity index (χ1n) is 6.34. The van der Waals surface area contributed by atoms with Crippen molar-refractivity contribution in [3.8, 4) is 5.75 Å². The van der Waals surface area contributed by atoms with Crippen LogP contribution < -0.4 is 4.74 Å². The first-order chi connectivity index (χ1) is 10.1. The molecule has 110 valence electrons. The van der Waals surface area contributed by atoms with Gasteiger partial charge in [0.15, 0.2) is 6.10 Å². The minimum Gasteiger partial charge on any atom is -0.489 e. The molecule has 0 fully saturated rings. The summed E-state index contributed by atoms with van der Waals surface area (Å²) < 4.78 is 11.0. The van der Waals surface area contributed by atoms with Gasteiger partial charge < -0.3 is 14.6 Å². The topological polar surface area (TPSA) is 55.8 Å². The Morgan fingerprint density at radius 3 is 2.62 bits per heavy atom. The van der Waals surface area contributed by atoms with E-state index in [-0.39, 0.29) is 0 Å². The van der Waals surface area contributed by atoms with Crippen molar-refractivity contribution < 1.29 is 19.4 Å². The molecule has 0 aliphatic heterocycles. The van der Waals surface area contributed by atoms with E-state index >= 15 is 0 Å². The maximum atomic E-state index is 11.5. The van der Waals surface area contributed by atoms with Crippen molar-refractivity contribution in [2.45, 2.75) is 12.7 Å². The number of carbonyl (C=O) groups is 1. The average Bonchev–Trinajstić information content (AvgIpc) is 2.53. The number of methoxy groups -OCH3 is 1. The van der Waals surface area contributed by atoms with Gasteiger partial charge in [0, 0.05) is 10.0 Å². The summed E-state index contributed by atoms with van der Waals surface area (Å²) >= 11 is 3.31. The molecule has 2 aromatic rings. The van der Waals surface area contributed by atoms with Gasteiger partial charge in [0.1, 0.15) is 12.4 Å². The van der Waals surface area contributed by atoms with Crippen LogP contribution in [0, 0.1) is 0 Å². The zero-order valence-corrected chi connectivity index (χ0v) is 13.0. The fraction of sp³-hybridized carbons (Fsp3) is 0.188. The Morgan fingerprint density at radius 2 is 1.95 bits per heavy atom. The predicted octanol–water partition coefficient (Wildman–Crippen LogP) is 3.23. The number of aliphatic hydroxyl groups is 1. The fourth-order valence-corrected chi connectivity index (χ4v) is 2.22. The van der Waals surface area contributed by atoms with Gasteiger partial charge in [0.05, 0.1) is 7.11 Å². The molecule has 2 rings (SSSR count). The van der Waals surface area contributed by atoms with Gasteiger partial charge in [-0.25, -0.2) is 4.79 Å². The van der Waals surface area contributed by atoms with Crippen molar-refractivity contribution in [1.29, 1.82) is 0 Å². The largest absolute Gasteiger partial charge is 0.489 e. The Bertz CT molecular complexity index is 613. The maximum absolute atomic E-state index is 11.5. The van der Waals surface area contributed by atoms with Crippen molar-refractivity contribution in [2.75, 3.05) is 7.11 Å². The van der Waals surface area contributed by atoms with Crippen LogP contribution in [0.1, 0.15) is 17.2 Å². The molecule has 1 atom stereocenters. The Balaban J connectivity index is 2.21. The van der Waals surface area contributed by atoms with Crippen LogP contribution in [0.2, 0.25) is 0 Å². The Kier molecular flexibility index (Phi) is 5.36. The predicted molar refractivity (Wildman–Crippen MR) is 81.9 cm³/mol. The van der Waals surface area contributed by atoms with E-state index in [9.17, 15) is 9.90 Å². The lowest BCUT2D eigenvalue weighted by molar-refractivity contribution is -0.150. The first-order valence-corrected chi connectivity index (χ1v) is 7.13. The second kappa shape index (κ2) is 7.24. The smallest absolute Gasteiger partial charge is 0.339 e. The number of rotatable bonds is 5. The lowest BCUT2D eigenvalue weighted by Crippen LogP contribution is -2.14. The third-order valence-electron chi connectivity index (χ3n) is 2.93. The summed E-state index contributed by atoms with van der Waals surface area (Å²) in [6.45, 7) is 0.351. The molecule has 0 radical (unpaired) electrons. The molecule has 0 aliphatic rings. The zero-order chi connectivity index (χ0) is 15.2. The number of hydrogen-bond donors (Lipinski definition) is 1. The molecule has 5 heteroatoms. The number of benzene rings is 2. The molecule has 0 amide bonds. The molecule has 0 spiro atoms. The molecule has 2 aromatic carbocycles. The van der Waals surface area contributed by atoms with Crippen molar-refractivity contribution in [2.24, 2.45) is 0 Å². The molecule has 0 saturated heterocycles. The number of halogens is 1. The fourth-order valence-electron chi connectivity index (χ4n) is 1.84. The lowest BCUT2D eigenvalue weighted by atomic mass is 10.1. The summed E-state index contributed by atoms with van der Waals surface area (Å²) in [4.78, 5) is 11.5. The van der Waals surface area contributed by atoms with Crippen LogP contribution in [0.3, 0.4) is 0 Å². The SMILES string of the molecule is COC(=O)[C@H](O)c1cc(Br)ccc1OCc1ccccc1. The Morgan fingerprint density at radius 1 is 1.24 bits per heavy atom. The summed E-state index contributed by atoms with van der Waals surface area (Å²) in [5.74, 6) is -0.280. The van der Waals surface area contributed by atoms with Gasteiger partial charge in [-0.3, -0.25) is 0 Å². The van der Waals surface area contributed by atoms with E-state index in [1.165, 1.54) is 7.11 Å². The minimum absolute atomic E-state index is 0.351. The highest BCUT2D eigenvalue weighted by Crippen LogP contribution is 2.30. The highest BCUT2D eigenvalue weighted by Gasteiger charge is 2.22. The van der Waals surface area contributed by atoms with Crippen LogP contribution in [0.25, 0.3) is 0 Å². The van der Waals surface area contributed by atoms with Crippen LogP contribution in [0.15, 0.2) is 53.0 Å². The number of esters is 1. The first kappa shape index (κ1) is 15.5. The van der Waals surface area contributed by atoms with E-state index in [4.69, 9.17) is 4.74 Å². The van der Waals surface area contributed by atoms with Crippen molar-refractivity contribution >= 4 is 21.9 Å². The molecule has 0 aliphatic carbocycles. The molecular weight excluding hydrogens is 336 g/mol. The second-order valence-corrected chi connectivity index (χ2v) is 5.30. The van der Waals surface area contributed by atoms with Crippen LogP contribution in [0.4, 0.5) is 0 Å². The Labute approximate surface area is 131 Å². The van der Waals surface area contributed by atoms with E-state index in [0.717, 1.165) is 10.0 Å². The number of aliphatic hydroxyl groups excluding tert-OH is 1. The molecule has 4 nitrogen and oxygen atoms in total. The highest BCUT2D eigenvalue weighted by atomic mass is 79.9. The third-order valence-corrected chi connectivity index (χ3v) is 3.42. The average molecular weight is 351 g/mol. The zero-order valence-electron chi connectivity index (χ0n) is 11.5. The molecule has 1 N–H and O–H groups in total. The standard InChI is InChI=1S/C16H15BrO4/c1-20-16(19)15(18)13-9-12(17)7-8-14(13)21-10-11-5-3-2-4-6-11/h2-9,15,18H,10H2,1H3/t15-/m1/s1. The molecule has 0 saturated carbocycles. The second-order valence-electron chi connectivity index (χ2n) is 4.38. The van der Waals surface area contributed by atoms with E-state index in [2.05, 4.69) is 20.7 Å². The van der Waals surface area contributed by atoms with Crippen molar-refractivity contribution in [3.63, 3.8) is 0 Å². The molecule has 0 heterocycles. The monoisotopic (exact) mass is 350 g/mol. The van der Waals surface area contributed by atoms with Gasteiger partial charge in [-0.1, -0.05) is 46.3 Å². The maximum Gasteiger partial charge on any atom is 0.339 e. The van der Waals surface area contributed by atoms with Crippen LogP contribution in [-0.4, -0.2) is 18.2 Å². The minimum atomic E-state index is -1.38. The molecule has 0 unspecified atom stereocenters. The third kappa shape index (κ3) is 4.06. The molecule has 21 heavy (non-hydrogen) atoms. The van der Waals surface area contributed by atoms with Gasteiger partial charge in [0.2, 0.25) is 0 Å². The van der Waals surface area contributed by atoms with Gasteiger partial charge in [-0.2, -0.15) is 0 Å². The van der Waals surface area contributed by atoms with E-state index in [0.29, 0.717) is 17.9 Å². The quantitative estimate of drug-likeness (QED) is 0.841. The van der Waals surface area contributed by atoms with Crippen LogP contribution in [-0.2, 0) is 16.1 Å². The summed E-state index contributed by atoms with van der Waals surface area (Å²) in [5, 5.41) is 10.0.